The number of hydrogen-bond donors (Lipinski definition) is 2. The molecule has 4 aromatic rings. The summed E-state index contributed by atoms with van der Waals surface area (Å²) in [5.41, 5.74) is 5.77. The Morgan fingerprint density at radius 1 is 1.06 bits per heavy atom. The Balaban J connectivity index is 1.57. The summed E-state index contributed by atoms with van der Waals surface area (Å²) >= 11 is 21.7. The topological polar surface area (TPSA) is 73.3 Å². The van der Waals surface area contributed by atoms with E-state index in [0.717, 1.165) is 15.6 Å². The molecule has 0 spiro atoms. The number of nitrogens with one attached hydrogen (secondary N) is 2. The van der Waals surface area contributed by atoms with Crippen molar-refractivity contribution in [3.05, 3.63) is 85.0 Å². The second-order valence-electron chi connectivity index (χ2n) is 7.55. The van der Waals surface area contributed by atoms with E-state index in [4.69, 9.17) is 49.6 Å². The monoisotopic (exact) mass is 608 g/mol. The predicted molar refractivity (Wildman–Crippen MR) is 149 cm³/mol. The molecule has 188 valence electrons. The molecule has 0 radical (unpaired) electrons. The summed E-state index contributed by atoms with van der Waals surface area (Å²) in [4.78, 5) is 0. The van der Waals surface area contributed by atoms with E-state index >= 15 is 0 Å². The molecule has 0 aliphatic carbocycles. The average molecular weight is 610 g/mol. The third-order valence-corrected chi connectivity index (χ3v) is 6.82. The van der Waals surface area contributed by atoms with Crippen LogP contribution in [0.3, 0.4) is 0 Å². The summed E-state index contributed by atoms with van der Waals surface area (Å²) in [6.07, 6.45) is 0. The molecule has 4 rings (SSSR count). The summed E-state index contributed by atoms with van der Waals surface area (Å²) in [6.45, 7) is 3.02. The van der Waals surface area contributed by atoms with Crippen LogP contribution in [0.1, 0.15) is 18.1 Å². The Bertz CT molecular complexity index is 1410. The van der Waals surface area contributed by atoms with E-state index in [1.54, 1.807) is 30.0 Å². The van der Waals surface area contributed by atoms with Gasteiger partial charge < -0.3 is 19.6 Å². The number of halogens is 3. The molecule has 0 aliphatic rings. The van der Waals surface area contributed by atoms with Crippen molar-refractivity contribution in [3.8, 4) is 28.6 Å². The molecule has 3 aromatic carbocycles. The van der Waals surface area contributed by atoms with Crippen molar-refractivity contribution in [1.29, 1.82) is 0 Å². The molecule has 0 aliphatic heterocycles. The van der Waals surface area contributed by atoms with E-state index in [-0.39, 0.29) is 6.61 Å². The summed E-state index contributed by atoms with van der Waals surface area (Å²) in [5, 5.41) is 8.30. The van der Waals surface area contributed by atoms with Crippen molar-refractivity contribution in [3.63, 3.8) is 0 Å². The largest absolute Gasteiger partial charge is 0.496 e. The standard InChI is InChI=1S/C25H23BrCl2N4O3S/c1-3-34-22-12-15(11-18(26)23(22)35-14-17-19(27)8-6-9-20(17)28)13-29-32-24(30-31-25(32)36)16-7-4-5-10-21(16)33-2/h4-12,29H,3,13-14H2,1-2H3,(H,31,36). The van der Waals surface area contributed by atoms with Gasteiger partial charge in [0.15, 0.2) is 17.3 Å². The number of H-pyrrole nitrogens is 1. The molecule has 0 amide bonds. The van der Waals surface area contributed by atoms with E-state index in [1.807, 2.05) is 43.3 Å². The van der Waals surface area contributed by atoms with Crippen LogP contribution in [0.5, 0.6) is 17.2 Å². The molecule has 0 atom stereocenters. The fourth-order valence-corrected chi connectivity index (χ4v) is 4.87. The number of ether oxygens (including phenoxy) is 3. The van der Waals surface area contributed by atoms with Crippen LogP contribution in [0, 0.1) is 4.77 Å². The maximum atomic E-state index is 6.30. The van der Waals surface area contributed by atoms with Gasteiger partial charge in [0.1, 0.15) is 12.4 Å². The number of para-hydroxylation sites is 1. The van der Waals surface area contributed by atoms with Crippen molar-refractivity contribution >= 4 is 51.3 Å². The van der Waals surface area contributed by atoms with Crippen molar-refractivity contribution in [2.45, 2.75) is 20.1 Å². The first-order valence-corrected chi connectivity index (χ1v) is 12.9. The lowest BCUT2D eigenvalue weighted by Gasteiger charge is -2.17. The molecular formula is C25H23BrCl2N4O3S. The molecule has 2 N–H and O–H groups in total. The Labute approximate surface area is 232 Å². The Morgan fingerprint density at radius 2 is 1.81 bits per heavy atom. The molecule has 0 saturated heterocycles. The Kier molecular flexibility index (Phi) is 8.79. The van der Waals surface area contributed by atoms with Gasteiger partial charge in [-0.2, -0.15) is 5.10 Å². The molecule has 0 bridgehead atoms. The zero-order valence-electron chi connectivity index (χ0n) is 19.5. The fourth-order valence-electron chi connectivity index (χ4n) is 3.57. The number of nitrogens with zero attached hydrogens (tertiary/aromatic N) is 2. The van der Waals surface area contributed by atoms with Gasteiger partial charge >= 0.3 is 0 Å². The van der Waals surface area contributed by atoms with Crippen LogP contribution in [0.25, 0.3) is 11.4 Å². The molecule has 1 aromatic heterocycles. The van der Waals surface area contributed by atoms with Crippen LogP contribution >= 0.6 is 51.3 Å². The maximum Gasteiger partial charge on any atom is 0.214 e. The number of aromatic amines is 1. The van der Waals surface area contributed by atoms with E-state index in [9.17, 15) is 0 Å². The predicted octanol–water partition coefficient (Wildman–Crippen LogP) is 7.41. The maximum absolute atomic E-state index is 6.30. The Hall–Kier alpha value is -2.72. The molecule has 0 saturated carbocycles. The molecular weight excluding hydrogens is 587 g/mol. The van der Waals surface area contributed by atoms with Crippen molar-refractivity contribution in [2.24, 2.45) is 0 Å². The number of methoxy groups -OCH3 is 1. The fraction of sp³-hybridized carbons (Fsp3) is 0.200. The first kappa shape index (κ1) is 26.3. The minimum Gasteiger partial charge on any atom is -0.496 e. The zero-order valence-corrected chi connectivity index (χ0v) is 23.4. The lowest BCUT2D eigenvalue weighted by atomic mass is 10.2. The summed E-state index contributed by atoms with van der Waals surface area (Å²) < 4.78 is 20.3. The van der Waals surface area contributed by atoms with Crippen LogP contribution in [-0.2, 0) is 13.2 Å². The quantitative estimate of drug-likeness (QED) is 0.182. The number of aromatic nitrogens is 3. The van der Waals surface area contributed by atoms with Gasteiger partial charge in [-0.1, -0.05) is 41.4 Å². The molecule has 0 unspecified atom stereocenters. The summed E-state index contributed by atoms with van der Waals surface area (Å²) in [7, 11) is 1.62. The van der Waals surface area contributed by atoms with Gasteiger partial charge in [-0.3, -0.25) is 0 Å². The van der Waals surface area contributed by atoms with Crippen LogP contribution in [-0.4, -0.2) is 28.6 Å². The highest BCUT2D eigenvalue weighted by atomic mass is 79.9. The lowest BCUT2D eigenvalue weighted by Crippen LogP contribution is -2.16. The van der Waals surface area contributed by atoms with Crippen molar-refractivity contribution in [2.75, 3.05) is 19.1 Å². The smallest absolute Gasteiger partial charge is 0.214 e. The zero-order chi connectivity index (χ0) is 25.7. The van der Waals surface area contributed by atoms with Crippen LogP contribution in [0.2, 0.25) is 10.0 Å². The van der Waals surface area contributed by atoms with Gasteiger partial charge in [-0.25, -0.2) is 9.77 Å². The molecule has 1 heterocycles. The van der Waals surface area contributed by atoms with Crippen LogP contribution in [0.15, 0.2) is 59.1 Å². The van der Waals surface area contributed by atoms with Gasteiger partial charge in [-0.05, 0) is 77.0 Å². The third kappa shape index (κ3) is 5.81. The highest BCUT2D eigenvalue weighted by molar-refractivity contribution is 9.10. The minimum absolute atomic E-state index is 0.196. The van der Waals surface area contributed by atoms with Gasteiger partial charge in [0.2, 0.25) is 4.77 Å². The van der Waals surface area contributed by atoms with Gasteiger partial charge in [-0.15, -0.1) is 0 Å². The lowest BCUT2D eigenvalue weighted by molar-refractivity contribution is 0.267. The number of benzene rings is 3. The SMILES string of the molecule is CCOc1cc(CNn2c(-c3ccccc3OC)n[nH]c2=S)cc(Br)c1OCc1c(Cl)cccc1Cl. The first-order valence-electron chi connectivity index (χ1n) is 11.0. The normalized spacial score (nSPS) is 10.8. The molecule has 36 heavy (non-hydrogen) atoms. The second kappa shape index (κ2) is 12.0. The summed E-state index contributed by atoms with van der Waals surface area (Å²) in [6, 6.07) is 16.8. The molecule has 7 nitrogen and oxygen atoms in total. The van der Waals surface area contributed by atoms with Crippen molar-refractivity contribution < 1.29 is 14.2 Å². The highest BCUT2D eigenvalue weighted by Gasteiger charge is 2.16. The first-order chi connectivity index (χ1) is 17.4. The van der Waals surface area contributed by atoms with Gasteiger partial charge in [0.05, 0.1) is 30.3 Å². The molecule has 0 fully saturated rings. The number of rotatable bonds is 10. The number of hydrogen-bond acceptors (Lipinski definition) is 6. The highest BCUT2D eigenvalue weighted by Crippen LogP contribution is 2.38. The van der Waals surface area contributed by atoms with E-state index in [2.05, 4.69) is 31.6 Å². The summed E-state index contributed by atoms with van der Waals surface area (Å²) in [5.74, 6) is 2.45. The Morgan fingerprint density at radius 3 is 2.53 bits per heavy atom. The van der Waals surface area contributed by atoms with Crippen LogP contribution < -0.4 is 19.6 Å². The van der Waals surface area contributed by atoms with Crippen molar-refractivity contribution in [1.82, 2.24) is 14.9 Å². The van der Waals surface area contributed by atoms with Crippen LogP contribution in [0.4, 0.5) is 0 Å². The van der Waals surface area contributed by atoms with Gasteiger partial charge in [0.25, 0.3) is 0 Å². The third-order valence-electron chi connectivity index (χ3n) is 5.25. The molecule has 11 heteroatoms. The van der Waals surface area contributed by atoms with E-state index in [1.165, 1.54) is 0 Å². The van der Waals surface area contributed by atoms with E-state index < -0.39 is 0 Å². The van der Waals surface area contributed by atoms with Gasteiger partial charge in [0, 0.05) is 15.6 Å². The minimum atomic E-state index is 0.196. The average Bonchev–Trinajstić information content (AvgIpc) is 3.23. The second-order valence-corrected chi connectivity index (χ2v) is 9.61. The van der Waals surface area contributed by atoms with E-state index in [0.29, 0.717) is 56.6 Å².